The fraction of sp³-hybridized carbons (Fsp3) is 0.176. The van der Waals surface area contributed by atoms with Crippen LogP contribution in [-0.2, 0) is 4.79 Å². The molecule has 0 aliphatic carbocycles. The topological polar surface area (TPSA) is 49.4 Å². The van der Waals surface area contributed by atoms with Crippen LogP contribution in [0.4, 0.5) is 5.69 Å². The predicted octanol–water partition coefficient (Wildman–Crippen LogP) is 4.78. The van der Waals surface area contributed by atoms with Gasteiger partial charge in [-0.1, -0.05) is 45.2 Å². The van der Waals surface area contributed by atoms with Crippen LogP contribution in [0.2, 0.25) is 10.0 Å². The number of halogens is 3. The van der Waals surface area contributed by atoms with E-state index >= 15 is 0 Å². The number of hydrogen-bond acceptors (Lipinski definition) is 2. The molecule has 0 aliphatic heterocycles. The van der Waals surface area contributed by atoms with Crippen LogP contribution in [0.5, 0.6) is 0 Å². The van der Waals surface area contributed by atoms with Crippen molar-refractivity contribution in [3.05, 3.63) is 62.0 Å². The van der Waals surface area contributed by atoms with Gasteiger partial charge in [0.1, 0.15) is 0 Å². The van der Waals surface area contributed by atoms with Crippen molar-refractivity contribution in [3.8, 4) is 0 Å². The zero-order chi connectivity index (χ0) is 17.9. The zero-order valence-corrected chi connectivity index (χ0v) is 16.2. The van der Waals surface area contributed by atoms with Crippen molar-refractivity contribution < 1.29 is 9.59 Å². The number of carbonyl (C=O) groups is 2. The quantitative estimate of drug-likeness (QED) is 0.760. The first-order valence-corrected chi connectivity index (χ1v) is 8.60. The number of carbonyl (C=O) groups excluding carboxylic acids is 2. The second kappa shape index (κ2) is 8.01. The van der Waals surface area contributed by atoms with E-state index < -0.39 is 5.91 Å². The van der Waals surface area contributed by atoms with Crippen molar-refractivity contribution >= 4 is 56.6 Å². The number of hydrogen-bond donors (Lipinski definition) is 1. The average molecular weight is 430 g/mol. The minimum absolute atomic E-state index is 0.115. The van der Waals surface area contributed by atoms with Crippen molar-refractivity contribution in [2.24, 2.45) is 0 Å². The molecule has 0 saturated carbocycles. The van der Waals surface area contributed by atoms with E-state index in [4.69, 9.17) is 23.2 Å². The first-order valence-electron chi connectivity index (χ1n) is 7.05. The first kappa shape index (κ1) is 18.8. The molecular formula is C17H15BrCl2N2O2. The number of anilines is 1. The molecule has 0 radical (unpaired) electrons. The van der Waals surface area contributed by atoms with Crippen molar-refractivity contribution in [1.82, 2.24) is 4.90 Å². The molecule has 0 heterocycles. The van der Waals surface area contributed by atoms with E-state index in [1.165, 1.54) is 11.9 Å². The molecule has 1 N–H and O–H groups in total. The summed E-state index contributed by atoms with van der Waals surface area (Å²) in [5, 5.41) is 3.29. The number of rotatable bonds is 4. The van der Waals surface area contributed by atoms with Crippen LogP contribution in [-0.4, -0.2) is 30.3 Å². The Balaban J connectivity index is 2.07. The fourth-order valence-electron chi connectivity index (χ4n) is 2.14. The molecule has 126 valence electrons. The van der Waals surface area contributed by atoms with Crippen molar-refractivity contribution in [3.63, 3.8) is 0 Å². The lowest BCUT2D eigenvalue weighted by atomic mass is 10.2. The number of amides is 2. The molecule has 0 spiro atoms. The molecule has 2 rings (SSSR count). The van der Waals surface area contributed by atoms with Gasteiger partial charge in [0.05, 0.1) is 22.2 Å². The van der Waals surface area contributed by atoms with Gasteiger partial charge in [-0.3, -0.25) is 9.59 Å². The van der Waals surface area contributed by atoms with Gasteiger partial charge in [0, 0.05) is 17.2 Å². The van der Waals surface area contributed by atoms with Crippen LogP contribution in [0.3, 0.4) is 0 Å². The standard InChI is InChI=1S/C17H15BrCl2N2O2/c1-10-8-11(18)6-7-14(10)21-15(23)9-22(2)17(24)16-12(19)4-3-5-13(16)20/h3-8H,9H2,1-2H3,(H,21,23). The minimum Gasteiger partial charge on any atom is -0.332 e. The van der Waals surface area contributed by atoms with E-state index in [0.29, 0.717) is 5.69 Å². The molecule has 0 aliphatic rings. The van der Waals surface area contributed by atoms with E-state index in [9.17, 15) is 9.59 Å². The third-order valence-electron chi connectivity index (χ3n) is 3.37. The summed E-state index contributed by atoms with van der Waals surface area (Å²) >= 11 is 15.4. The Bertz CT molecular complexity index is 776. The van der Waals surface area contributed by atoms with Gasteiger partial charge in [0.15, 0.2) is 0 Å². The summed E-state index contributed by atoms with van der Waals surface area (Å²) in [6.45, 7) is 1.77. The summed E-state index contributed by atoms with van der Waals surface area (Å²) in [5.74, 6) is -0.715. The predicted molar refractivity (Wildman–Crippen MR) is 101 cm³/mol. The van der Waals surface area contributed by atoms with Crippen molar-refractivity contribution in [2.45, 2.75) is 6.92 Å². The Hall–Kier alpha value is -1.56. The normalized spacial score (nSPS) is 10.4. The van der Waals surface area contributed by atoms with Gasteiger partial charge >= 0.3 is 0 Å². The minimum atomic E-state index is -0.409. The van der Waals surface area contributed by atoms with Gasteiger partial charge in [-0.2, -0.15) is 0 Å². The lowest BCUT2D eigenvalue weighted by Gasteiger charge is -2.18. The van der Waals surface area contributed by atoms with Crippen LogP contribution in [0.1, 0.15) is 15.9 Å². The molecule has 0 atom stereocenters. The van der Waals surface area contributed by atoms with Crippen LogP contribution < -0.4 is 5.32 Å². The van der Waals surface area contributed by atoms with Gasteiger partial charge in [-0.25, -0.2) is 0 Å². The maximum atomic E-state index is 12.5. The van der Waals surface area contributed by atoms with Crippen LogP contribution in [0, 0.1) is 6.92 Å². The highest BCUT2D eigenvalue weighted by Gasteiger charge is 2.20. The Morgan fingerprint density at radius 3 is 2.38 bits per heavy atom. The third kappa shape index (κ3) is 4.50. The molecule has 0 saturated heterocycles. The second-order valence-electron chi connectivity index (χ2n) is 5.27. The molecule has 2 amide bonds. The Labute approximate surface area is 158 Å². The summed E-state index contributed by atoms with van der Waals surface area (Å²) in [5.41, 5.74) is 1.80. The van der Waals surface area contributed by atoms with Crippen LogP contribution >= 0.6 is 39.1 Å². The summed E-state index contributed by atoms with van der Waals surface area (Å²) in [7, 11) is 1.52. The molecule has 4 nitrogen and oxygen atoms in total. The van der Waals surface area contributed by atoms with E-state index in [1.54, 1.807) is 24.3 Å². The van der Waals surface area contributed by atoms with Crippen LogP contribution in [0.25, 0.3) is 0 Å². The number of aryl methyl sites for hydroxylation is 1. The Morgan fingerprint density at radius 2 is 1.79 bits per heavy atom. The molecule has 7 heteroatoms. The number of likely N-dealkylation sites (N-methyl/N-ethyl adjacent to an activating group) is 1. The molecule has 2 aromatic rings. The molecule has 0 unspecified atom stereocenters. The molecule has 2 aromatic carbocycles. The Morgan fingerprint density at radius 1 is 1.17 bits per heavy atom. The van der Waals surface area contributed by atoms with Crippen molar-refractivity contribution in [1.29, 1.82) is 0 Å². The van der Waals surface area contributed by atoms with Gasteiger partial charge in [0.25, 0.3) is 5.91 Å². The summed E-state index contributed by atoms with van der Waals surface area (Å²) in [4.78, 5) is 25.9. The average Bonchev–Trinajstić information content (AvgIpc) is 2.49. The zero-order valence-electron chi connectivity index (χ0n) is 13.1. The molecule has 0 bridgehead atoms. The van der Waals surface area contributed by atoms with E-state index in [2.05, 4.69) is 21.2 Å². The van der Waals surface area contributed by atoms with E-state index in [1.807, 2.05) is 19.1 Å². The molecule has 0 fully saturated rings. The maximum Gasteiger partial charge on any atom is 0.257 e. The monoisotopic (exact) mass is 428 g/mol. The van der Waals surface area contributed by atoms with Gasteiger partial charge in [0.2, 0.25) is 5.91 Å². The SMILES string of the molecule is Cc1cc(Br)ccc1NC(=O)CN(C)C(=O)c1c(Cl)cccc1Cl. The smallest absolute Gasteiger partial charge is 0.257 e. The van der Waals surface area contributed by atoms with Gasteiger partial charge < -0.3 is 10.2 Å². The second-order valence-corrected chi connectivity index (χ2v) is 7.00. The molecular weight excluding hydrogens is 415 g/mol. The summed E-state index contributed by atoms with van der Waals surface area (Å²) < 4.78 is 0.929. The number of nitrogens with zero attached hydrogens (tertiary/aromatic N) is 1. The van der Waals surface area contributed by atoms with Crippen molar-refractivity contribution in [2.75, 3.05) is 18.9 Å². The highest BCUT2D eigenvalue weighted by molar-refractivity contribution is 9.10. The summed E-state index contributed by atoms with van der Waals surface area (Å²) in [6.07, 6.45) is 0. The van der Waals surface area contributed by atoms with Gasteiger partial charge in [-0.05, 0) is 42.8 Å². The highest BCUT2D eigenvalue weighted by atomic mass is 79.9. The van der Waals surface area contributed by atoms with Gasteiger partial charge in [-0.15, -0.1) is 0 Å². The third-order valence-corrected chi connectivity index (χ3v) is 4.49. The molecule has 24 heavy (non-hydrogen) atoms. The largest absolute Gasteiger partial charge is 0.332 e. The lowest BCUT2D eigenvalue weighted by molar-refractivity contribution is -0.116. The molecule has 0 aromatic heterocycles. The maximum absolute atomic E-state index is 12.5. The number of nitrogens with one attached hydrogen (secondary N) is 1. The first-order chi connectivity index (χ1) is 11.3. The lowest BCUT2D eigenvalue weighted by Crippen LogP contribution is -2.35. The fourth-order valence-corrected chi connectivity index (χ4v) is 3.17. The highest BCUT2D eigenvalue weighted by Crippen LogP contribution is 2.25. The van der Waals surface area contributed by atoms with Crippen LogP contribution in [0.15, 0.2) is 40.9 Å². The van der Waals surface area contributed by atoms with E-state index in [-0.39, 0.29) is 28.1 Å². The summed E-state index contributed by atoms with van der Waals surface area (Å²) in [6, 6.07) is 10.4. The number of benzene rings is 2. The Kier molecular flexibility index (Phi) is 6.27. The van der Waals surface area contributed by atoms with E-state index in [0.717, 1.165) is 10.0 Å².